The Balaban J connectivity index is 0.000000201. The molecule has 2 unspecified atom stereocenters. The molecule has 2 aromatic carbocycles. The van der Waals surface area contributed by atoms with Gasteiger partial charge in [-0.2, -0.15) is 8.78 Å². The highest BCUT2D eigenvalue weighted by molar-refractivity contribution is 5.90. The molecule has 8 nitrogen and oxygen atoms in total. The number of nitrogens with zero attached hydrogens (tertiary/aromatic N) is 2. The molecular formula is C34H37F2N5O3. The number of hydrogen-bond donors (Lipinski definition) is 3. The Labute approximate surface area is 255 Å². The molecule has 3 N–H and O–H groups in total. The van der Waals surface area contributed by atoms with Gasteiger partial charge >= 0.3 is 0 Å². The smallest absolute Gasteiger partial charge is 0.299 e. The van der Waals surface area contributed by atoms with Gasteiger partial charge in [0.1, 0.15) is 6.04 Å². The molecule has 0 bridgehead atoms. The molecule has 3 heterocycles. The van der Waals surface area contributed by atoms with Crippen molar-refractivity contribution < 1.29 is 23.2 Å². The molecule has 44 heavy (non-hydrogen) atoms. The lowest BCUT2D eigenvalue weighted by Crippen LogP contribution is -2.52. The molecule has 1 saturated heterocycles. The summed E-state index contributed by atoms with van der Waals surface area (Å²) in [5.74, 6) is -3.02. The third-order valence-electron chi connectivity index (χ3n) is 8.46. The van der Waals surface area contributed by atoms with Gasteiger partial charge < -0.3 is 20.5 Å². The van der Waals surface area contributed by atoms with Gasteiger partial charge in [-0.1, -0.05) is 61.9 Å². The molecule has 10 heteroatoms. The Morgan fingerprint density at radius 2 is 1.82 bits per heavy atom. The SMILES string of the molecule is CC(C)C1CCC(C(=O)N[C@H](C)c2cc3cnccc3[nH]2)N1C(=O)CNC=O.Cc1ccc2c(c1)-c1ccccc1C2(F)F. The lowest BCUT2D eigenvalue weighted by Gasteiger charge is -2.32. The number of aromatic amines is 1. The fourth-order valence-corrected chi connectivity index (χ4v) is 6.24. The van der Waals surface area contributed by atoms with Crippen molar-refractivity contribution in [2.45, 2.75) is 64.6 Å². The Hall–Kier alpha value is -4.60. The van der Waals surface area contributed by atoms with Crippen LogP contribution in [0.5, 0.6) is 0 Å². The van der Waals surface area contributed by atoms with Crippen molar-refractivity contribution in [2.24, 2.45) is 5.92 Å². The van der Waals surface area contributed by atoms with E-state index in [2.05, 4.69) is 20.6 Å². The first-order valence-corrected chi connectivity index (χ1v) is 14.8. The van der Waals surface area contributed by atoms with Gasteiger partial charge in [0.2, 0.25) is 18.2 Å². The average Bonchev–Trinajstić information content (AvgIpc) is 3.70. The zero-order chi connectivity index (χ0) is 31.6. The van der Waals surface area contributed by atoms with Crippen molar-refractivity contribution in [2.75, 3.05) is 6.54 Å². The van der Waals surface area contributed by atoms with Gasteiger partial charge in [-0.25, -0.2) is 0 Å². The average molecular weight is 602 g/mol. The standard InChI is InChI=1S/C20H27N5O3.C14H10F2/c1-12(2)17-4-5-18(25(17)19(27)10-22-11-26)20(28)23-13(3)16-8-14-9-21-7-6-15(14)24-16;1-9-6-7-13-11(8-9)10-4-2-3-5-12(10)14(13,15)16/h6-9,11-13,17-18,24H,4-5,10H2,1-3H3,(H,22,26)(H,23,28);2-8H,1H3/t13-,17?,18?;/m1./s1. The molecule has 230 valence electrons. The van der Waals surface area contributed by atoms with E-state index in [4.69, 9.17) is 0 Å². The topological polar surface area (TPSA) is 107 Å². The normalized spacial score (nSPS) is 18.7. The van der Waals surface area contributed by atoms with Crippen LogP contribution in [0.2, 0.25) is 0 Å². The van der Waals surface area contributed by atoms with Crippen LogP contribution in [0.25, 0.3) is 22.0 Å². The minimum atomic E-state index is -2.85. The van der Waals surface area contributed by atoms with Gasteiger partial charge in [0, 0.05) is 46.2 Å². The Morgan fingerprint density at radius 3 is 2.55 bits per heavy atom. The Bertz CT molecular complexity index is 1650. The number of likely N-dealkylation sites (tertiary alicyclic amines) is 1. The molecule has 0 radical (unpaired) electrons. The molecule has 2 aromatic heterocycles. The number of fused-ring (bicyclic) bond motifs is 4. The van der Waals surface area contributed by atoms with E-state index in [1.807, 2.05) is 45.9 Å². The summed E-state index contributed by atoms with van der Waals surface area (Å²) in [4.78, 5) is 45.2. The van der Waals surface area contributed by atoms with Gasteiger partial charge in [-0.3, -0.25) is 19.4 Å². The predicted molar refractivity (Wildman–Crippen MR) is 165 cm³/mol. The predicted octanol–water partition coefficient (Wildman–Crippen LogP) is 5.62. The zero-order valence-corrected chi connectivity index (χ0v) is 25.2. The monoisotopic (exact) mass is 601 g/mol. The summed E-state index contributed by atoms with van der Waals surface area (Å²) >= 11 is 0. The minimum Gasteiger partial charge on any atom is -0.357 e. The van der Waals surface area contributed by atoms with Crippen molar-refractivity contribution in [3.63, 3.8) is 0 Å². The number of carbonyl (C=O) groups excluding carboxylic acids is 3. The molecule has 0 saturated carbocycles. The van der Waals surface area contributed by atoms with Crippen LogP contribution >= 0.6 is 0 Å². The van der Waals surface area contributed by atoms with E-state index in [0.717, 1.165) is 28.6 Å². The second-order valence-corrected chi connectivity index (χ2v) is 11.8. The second-order valence-electron chi connectivity index (χ2n) is 11.8. The van der Waals surface area contributed by atoms with Crippen LogP contribution in [0, 0.1) is 12.8 Å². The number of nitrogens with one attached hydrogen (secondary N) is 3. The maximum atomic E-state index is 14.1. The summed E-state index contributed by atoms with van der Waals surface area (Å²) in [7, 11) is 0. The third kappa shape index (κ3) is 5.93. The van der Waals surface area contributed by atoms with Crippen LogP contribution < -0.4 is 10.6 Å². The van der Waals surface area contributed by atoms with Crippen LogP contribution in [0.3, 0.4) is 0 Å². The van der Waals surface area contributed by atoms with E-state index in [0.29, 0.717) is 24.0 Å². The molecule has 2 aliphatic rings. The number of rotatable bonds is 7. The van der Waals surface area contributed by atoms with Crippen LogP contribution in [0.15, 0.2) is 67.0 Å². The number of carbonyl (C=O) groups is 3. The number of halogens is 2. The summed E-state index contributed by atoms with van der Waals surface area (Å²) in [6.07, 6.45) is 5.38. The van der Waals surface area contributed by atoms with Crippen molar-refractivity contribution >= 4 is 29.1 Å². The number of amides is 3. The molecule has 1 fully saturated rings. The summed E-state index contributed by atoms with van der Waals surface area (Å²) in [6.45, 7) is 7.81. The van der Waals surface area contributed by atoms with E-state index in [-0.39, 0.29) is 47.5 Å². The van der Waals surface area contributed by atoms with Crippen molar-refractivity contribution in [3.8, 4) is 11.1 Å². The molecule has 4 aromatic rings. The Kier molecular flexibility index (Phi) is 8.80. The fourth-order valence-electron chi connectivity index (χ4n) is 6.24. The first-order chi connectivity index (χ1) is 21.0. The summed E-state index contributed by atoms with van der Waals surface area (Å²) < 4.78 is 28.1. The molecule has 1 aliphatic heterocycles. The van der Waals surface area contributed by atoms with Crippen LogP contribution in [-0.2, 0) is 20.3 Å². The van der Waals surface area contributed by atoms with Gasteiger partial charge in [0.25, 0.3) is 5.92 Å². The largest absolute Gasteiger partial charge is 0.357 e. The Morgan fingerprint density at radius 1 is 1.07 bits per heavy atom. The number of aromatic nitrogens is 2. The first-order valence-electron chi connectivity index (χ1n) is 14.8. The van der Waals surface area contributed by atoms with E-state index in [9.17, 15) is 23.2 Å². The maximum Gasteiger partial charge on any atom is 0.299 e. The molecule has 3 amide bonds. The highest BCUT2D eigenvalue weighted by Gasteiger charge is 2.44. The van der Waals surface area contributed by atoms with Gasteiger partial charge in [0.05, 0.1) is 12.6 Å². The van der Waals surface area contributed by atoms with Crippen molar-refractivity contribution in [3.05, 3.63) is 89.4 Å². The maximum absolute atomic E-state index is 14.1. The first kappa shape index (κ1) is 30.8. The second kappa shape index (κ2) is 12.6. The summed E-state index contributed by atoms with van der Waals surface area (Å²) in [5.41, 5.74) is 4.42. The van der Waals surface area contributed by atoms with Gasteiger partial charge in [0.15, 0.2) is 0 Å². The van der Waals surface area contributed by atoms with Crippen LogP contribution in [0.4, 0.5) is 8.78 Å². The number of H-pyrrole nitrogens is 1. The van der Waals surface area contributed by atoms with Crippen molar-refractivity contribution in [1.29, 1.82) is 0 Å². The molecule has 1 aliphatic carbocycles. The zero-order valence-electron chi connectivity index (χ0n) is 25.2. The fraction of sp³-hybridized carbons (Fsp3) is 0.353. The molecule has 0 spiro atoms. The lowest BCUT2D eigenvalue weighted by molar-refractivity contribution is -0.141. The third-order valence-corrected chi connectivity index (χ3v) is 8.46. The number of benzene rings is 2. The van der Waals surface area contributed by atoms with Gasteiger partial charge in [-0.05, 0) is 55.9 Å². The molecule has 6 rings (SSSR count). The molecular weight excluding hydrogens is 564 g/mol. The van der Waals surface area contributed by atoms with E-state index in [1.54, 1.807) is 41.6 Å². The highest BCUT2D eigenvalue weighted by Crippen LogP contribution is 2.50. The van der Waals surface area contributed by atoms with E-state index >= 15 is 0 Å². The van der Waals surface area contributed by atoms with Gasteiger partial charge in [-0.15, -0.1) is 0 Å². The summed E-state index contributed by atoms with van der Waals surface area (Å²) in [6, 6.07) is 14.9. The van der Waals surface area contributed by atoms with E-state index < -0.39 is 12.0 Å². The molecule has 3 atom stereocenters. The van der Waals surface area contributed by atoms with E-state index in [1.165, 1.54) is 12.1 Å². The van der Waals surface area contributed by atoms with Crippen LogP contribution in [-0.4, -0.2) is 51.7 Å². The lowest BCUT2D eigenvalue weighted by atomic mass is 10.0. The van der Waals surface area contributed by atoms with Crippen molar-refractivity contribution in [1.82, 2.24) is 25.5 Å². The highest BCUT2D eigenvalue weighted by atomic mass is 19.3. The number of hydrogen-bond acceptors (Lipinski definition) is 4. The number of aryl methyl sites for hydroxylation is 1. The number of pyridine rings is 1. The number of alkyl halides is 2. The quantitative estimate of drug-likeness (QED) is 0.239. The summed E-state index contributed by atoms with van der Waals surface area (Å²) in [5, 5.41) is 6.42. The minimum absolute atomic E-state index is 0.00819. The van der Waals surface area contributed by atoms with Crippen LogP contribution in [0.1, 0.15) is 62.0 Å².